The molecule has 2 N–H and O–H groups in total. The number of hydrogen-bond acceptors (Lipinski definition) is 6. The smallest absolute Gasteiger partial charge is 0.272 e. The van der Waals surface area contributed by atoms with Crippen LogP contribution in [0.5, 0.6) is 0 Å². The van der Waals surface area contributed by atoms with Gasteiger partial charge in [0, 0.05) is 71.0 Å². The molecule has 0 saturated heterocycles. The van der Waals surface area contributed by atoms with Crippen molar-refractivity contribution in [2.45, 2.75) is 51.5 Å². The number of carbonyl (C=O) groups is 4. The van der Waals surface area contributed by atoms with Crippen LogP contribution >= 0.6 is 0 Å². The first kappa shape index (κ1) is 25.7. The summed E-state index contributed by atoms with van der Waals surface area (Å²) in [5.41, 5.74) is 2.25. The Morgan fingerprint density at radius 3 is 2.68 bits per heavy atom. The Labute approximate surface area is 200 Å². The minimum atomic E-state index is -0.240. The Morgan fingerprint density at radius 2 is 1.94 bits per heavy atom. The van der Waals surface area contributed by atoms with Crippen LogP contribution < -0.4 is 10.6 Å². The largest absolute Gasteiger partial charge is 0.383 e. The Bertz CT molecular complexity index is 914. The average Bonchev–Trinajstić information content (AvgIpc) is 3.12. The predicted octanol–water partition coefficient (Wildman–Crippen LogP) is -0.369. The lowest BCUT2D eigenvalue weighted by Crippen LogP contribution is -2.47. The lowest BCUT2D eigenvalue weighted by Gasteiger charge is -2.27. The molecule has 0 aromatic carbocycles. The van der Waals surface area contributed by atoms with Crippen molar-refractivity contribution in [3.05, 3.63) is 17.0 Å². The molecule has 11 heteroatoms. The van der Waals surface area contributed by atoms with Gasteiger partial charge in [0.05, 0.1) is 13.2 Å². The van der Waals surface area contributed by atoms with Gasteiger partial charge in [-0.25, -0.2) is 0 Å². The first-order valence-corrected chi connectivity index (χ1v) is 11.9. The summed E-state index contributed by atoms with van der Waals surface area (Å²) < 4.78 is 6.86. The van der Waals surface area contributed by atoms with Crippen molar-refractivity contribution in [2.75, 3.05) is 46.4 Å². The number of ether oxygens (including phenoxy) is 1. The SMILES string of the molecule is COCCN1CC(=O)NC2CCc3c(c(nn3C)C(=O)NCCCN(C(C)=O)CCCC1=O)C2. The molecular weight excluding hydrogens is 440 g/mol. The molecule has 0 saturated carbocycles. The van der Waals surface area contributed by atoms with Gasteiger partial charge in [0.25, 0.3) is 5.91 Å². The molecule has 11 nitrogen and oxygen atoms in total. The molecule has 0 radical (unpaired) electrons. The van der Waals surface area contributed by atoms with Gasteiger partial charge in [0.2, 0.25) is 17.7 Å². The molecule has 1 aromatic heterocycles. The van der Waals surface area contributed by atoms with E-state index in [1.165, 1.54) is 11.8 Å². The zero-order valence-electron chi connectivity index (χ0n) is 20.4. The van der Waals surface area contributed by atoms with Crippen LogP contribution in [0.1, 0.15) is 54.4 Å². The van der Waals surface area contributed by atoms with Crippen LogP contribution in [0, 0.1) is 0 Å². The maximum absolute atomic E-state index is 12.8. The van der Waals surface area contributed by atoms with Crippen LogP contribution in [-0.4, -0.2) is 95.7 Å². The molecule has 34 heavy (non-hydrogen) atoms. The van der Waals surface area contributed by atoms with Crippen LogP contribution in [0.2, 0.25) is 0 Å². The van der Waals surface area contributed by atoms with E-state index in [1.807, 2.05) is 7.05 Å². The first-order valence-electron chi connectivity index (χ1n) is 11.9. The molecule has 2 heterocycles. The summed E-state index contributed by atoms with van der Waals surface area (Å²) in [7, 11) is 3.38. The van der Waals surface area contributed by atoms with Crippen LogP contribution in [0.4, 0.5) is 0 Å². The molecule has 1 aliphatic carbocycles. The fourth-order valence-electron chi connectivity index (χ4n) is 4.60. The van der Waals surface area contributed by atoms with Gasteiger partial charge in [-0.05, 0) is 32.1 Å². The molecule has 1 aliphatic heterocycles. The number of amides is 4. The third kappa shape index (κ3) is 6.55. The maximum atomic E-state index is 12.8. The van der Waals surface area contributed by atoms with Gasteiger partial charge in [-0.15, -0.1) is 0 Å². The Balaban J connectivity index is 1.80. The maximum Gasteiger partial charge on any atom is 0.272 e. The fourth-order valence-corrected chi connectivity index (χ4v) is 4.60. The molecule has 0 fully saturated rings. The molecular formula is C23H36N6O5. The molecule has 4 amide bonds. The molecule has 0 spiro atoms. The Kier molecular flexibility index (Phi) is 9.03. The van der Waals surface area contributed by atoms with E-state index < -0.39 is 0 Å². The van der Waals surface area contributed by atoms with Crippen molar-refractivity contribution in [1.29, 1.82) is 0 Å². The van der Waals surface area contributed by atoms with Crippen LogP contribution in [0.25, 0.3) is 0 Å². The average molecular weight is 477 g/mol. The van der Waals surface area contributed by atoms with E-state index in [0.717, 1.165) is 17.7 Å². The quantitative estimate of drug-likeness (QED) is 0.613. The van der Waals surface area contributed by atoms with Crippen LogP contribution in [0.15, 0.2) is 0 Å². The summed E-state index contributed by atoms with van der Waals surface area (Å²) in [4.78, 5) is 53.7. The van der Waals surface area contributed by atoms with Gasteiger partial charge >= 0.3 is 0 Å². The summed E-state index contributed by atoms with van der Waals surface area (Å²) in [6.07, 6.45) is 3.31. The number of aryl methyl sites for hydroxylation is 1. The molecule has 2 bridgehead atoms. The third-order valence-electron chi connectivity index (χ3n) is 6.44. The Hall–Kier alpha value is -2.95. The van der Waals surface area contributed by atoms with Gasteiger partial charge in [0.1, 0.15) is 0 Å². The van der Waals surface area contributed by atoms with E-state index in [9.17, 15) is 19.2 Å². The fraction of sp³-hybridized carbons (Fsp3) is 0.696. The normalized spacial score (nSPS) is 20.9. The number of aromatic nitrogens is 2. The van der Waals surface area contributed by atoms with Gasteiger partial charge < -0.3 is 25.2 Å². The molecule has 1 aromatic rings. The van der Waals surface area contributed by atoms with Gasteiger partial charge in [-0.1, -0.05) is 0 Å². The minimum Gasteiger partial charge on any atom is -0.383 e. The highest BCUT2D eigenvalue weighted by Gasteiger charge is 2.29. The number of fused-ring (bicyclic) bond motifs is 1. The van der Waals surface area contributed by atoms with Gasteiger partial charge in [0.15, 0.2) is 5.69 Å². The lowest BCUT2D eigenvalue weighted by atomic mass is 9.91. The van der Waals surface area contributed by atoms with Crippen LogP contribution in [0.3, 0.4) is 0 Å². The van der Waals surface area contributed by atoms with E-state index in [0.29, 0.717) is 64.2 Å². The number of rotatable bonds is 3. The summed E-state index contributed by atoms with van der Waals surface area (Å²) in [6, 6.07) is -0.127. The first-order chi connectivity index (χ1) is 16.3. The number of nitrogens with zero attached hydrogens (tertiary/aromatic N) is 4. The number of carbonyl (C=O) groups excluding carboxylic acids is 4. The molecule has 2 aliphatic rings. The van der Waals surface area contributed by atoms with Crippen LogP contribution in [-0.2, 0) is 39.0 Å². The summed E-state index contributed by atoms with van der Waals surface area (Å²) >= 11 is 0. The standard InChI is InChI=1S/C23H36N6O5/c1-16(30)28-10-4-6-21(32)29(12-13-34-3)15-20(31)25-17-7-8-19-18(14-17)22(26-27(19)2)23(33)24-9-5-11-28/h17H,4-15H2,1-3H3,(H,24,33)(H,25,31). The van der Waals surface area contributed by atoms with Crippen molar-refractivity contribution >= 4 is 23.6 Å². The highest BCUT2D eigenvalue weighted by Crippen LogP contribution is 2.24. The highest BCUT2D eigenvalue weighted by molar-refractivity contribution is 5.94. The van der Waals surface area contributed by atoms with E-state index in [4.69, 9.17) is 4.74 Å². The zero-order valence-corrected chi connectivity index (χ0v) is 20.4. The molecule has 188 valence electrons. The van der Waals surface area contributed by atoms with E-state index >= 15 is 0 Å². The lowest BCUT2D eigenvalue weighted by molar-refractivity contribution is -0.137. The van der Waals surface area contributed by atoms with Crippen molar-refractivity contribution in [3.8, 4) is 0 Å². The number of hydrogen-bond donors (Lipinski definition) is 2. The summed E-state index contributed by atoms with van der Waals surface area (Å²) in [5, 5.41) is 10.4. The second kappa shape index (κ2) is 12.0. The second-order valence-electron chi connectivity index (χ2n) is 8.93. The minimum absolute atomic E-state index is 0.0532. The molecule has 1 unspecified atom stereocenters. The predicted molar refractivity (Wildman–Crippen MR) is 124 cm³/mol. The topological polar surface area (TPSA) is 126 Å². The van der Waals surface area contributed by atoms with Crippen molar-refractivity contribution < 1.29 is 23.9 Å². The molecule has 1 atom stereocenters. The van der Waals surface area contributed by atoms with Crippen molar-refractivity contribution in [3.63, 3.8) is 0 Å². The van der Waals surface area contributed by atoms with E-state index in [2.05, 4.69) is 15.7 Å². The summed E-state index contributed by atoms with van der Waals surface area (Å²) in [5.74, 6) is -0.687. The summed E-state index contributed by atoms with van der Waals surface area (Å²) in [6.45, 7) is 3.44. The molecule has 3 rings (SSSR count). The van der Waals surface area contributed by atoms with Gasteiger partial charge in [-0.2, -0.15) is 5.10 Å². The monoisotopic (exact) mass is 476 g/mol. The second-order valence-corrected chi connectivity index (χ2v) is 8.93. The van der Waals surface area contributed by atoms with E-state index in [1.54, 1.807) is 16.7 Å². The third-order valence-corrected chi connectivity index (χ3v) is 6.44. The van der Waals surface area contributed by atoms with Crippen molar-refractivity contribution in [2.24, 2.45) is 7.05 Å². The highest BCUT2D eigenvalue weighted by atomic mass is 16.5. The Morgan fingerprint density at radius 1 is 1.18 bits per heavy atom. The van der Waals surface area contributed by atoms with Crippen molar-refractivity contribution in [1.82, 2.24) is 30.2 Å². The number of methoxy groups -OCH3 is 1. The zero-order chi connectivity index (χ0) is 24.7. The van der Waals surface area contributed by atoms with Gasteiger partial charge in [-0.3, -0.25) is 23.9 Å². The number of nitrogens with one attached hydrogen (secondary N) is 2. The van der Waals surface area contributed by atoms with E-state index in [-0.39, 0.29) is 42.6 Å².